The number of H-pyrrole nitrogens is 1. The Hall–Kier alpha value is -2.13. The van der Waals surface area contributed by atoms with E-state index in [1.165, 1.54) is 17.4 Å². The summed E-state index contributed by atoms with van der Waals surface area (Å²) in [6, 6.07) is 6.53. The Morgan fingerprint density at radius 1 is 1.26 bits per heavy atom. The maximum Gasteiger partial charge on any atom is 0.260 e. The number of rotatable bonds is 8. The molecule has 0 aliphatic carbocycles. The van der Waals surface area contributed by atoms with Crippen molar-refractivity contribution >= 4 is 21.6 Å². The Labute approximate surface area is 185 Å². The second-order valence-electron chi connectivity index (χ2n) is 8.92. The van der Waals surface area contributed by atoms with Crippen molar-refractivity contribution in [3.8, 4) is 11.1 Å². The van der Waals surface area contributed by atoms with Crippen LogP contribution in [0, 0.1) is 5.82 Å². The van der Waals surface area contributed by atoms with Crippen molar-refractivity contribution < 1.29 is 14.2 Å². The van der Waals surface area contributed by atoms with E-state index >= 15 is 0 Å². The minimum absolute atomic E-state index is 0.127. The number of hydrogen-bond acceptors (Lipinski definition) is 6. The maximum absolute atomic E-state index is 14.2. The van der Waals surface area contributed by atoms with Gasteiger partial charge in [-0.25, -0.2) is 9.37 Å². The topological polar surface area (TPSA) is 78.5 Å². The molecule has 0 radical (unpaired) electrons. The van der Waals surface area contributed by atoms with Crippen molar-refractivity contribution in [2.75, 3.05) is 13.2 Å². The highest BCUT2D eigenvalue weighted by molar-refractivity contribution is 7.17. The molecule has 0 saturated heterocycles. The van der Waals surface area contributed by atoms with Crippen LogP contribution in [0.25, 0.3) is 21.3 Å². The molecule has 0 saturated carbocycles. The number of nitrogens with zero attached hydrogens (tertiary/aromatic N) is 2. The van der Waals surface area contributed by atoms with Crippen LogP contribution in [-0.4, -0.2) is 50.9 Å². The van der Waals surface area contributed by atoms with Crippen LogP contribution in [0.5, 0.6) is 0 Å². The number of benzene rings is 1. The fourth-order valence-corrected chi connectivity index (χ4v) is 4.22. The van der Waals surface area contributed by atoms with Gasteiger partial charge >= 0.3 is 0 Å². The summed E-state index contributed by atoms with van der Waals surface area (Å²) in [5, 5.41) is 12.6. The molecule has 1 unspecified atom stereocenters. The Balaban J connectivity index is 1.82. The molecule has 0 aliphatic rings. The number of aromatic nitrogens is 2. The van der Waals surface area contributed by atoms with Crippen LogP contribution in [0.1, 0.15) is 40.4 Å². The summed E-state index contributed by atoms with van der Waals surface area (Å²) < 4.78 is 19.9. The first-order valence-electron chi connectivity index (χ1n) is 10.4. The predicted molar refractivity (Wildman–Crippen MR) is 123 cm³/mol. The summed E-state index contributed by atoms with van der Waals surface area (Å²) in [4.78, 5) is 22.9. The summed E-state index contributed by atoms with van der Waals surface area (Å²) in [6.45, 7) is 10.9. The van der Waals surface area contributed by atoms with Crippen LogP contribution in [0.4, 0.5) is 4.39 Å². The fraction of sp³-hybridized carbons (Fsp3) is 0.478. The standard InChI is InChI=1S/C23H30FN3O3S/c1-14(2)27(10-15(28)12-30-23(3,4)5)11-19-25-21(29)20-17(13-31-22(20)26-19)16-8-6-7-9-18(16)24/h6-9,13-15,28H,10-12H2,1-5H3,(H,25,26,29). The number of fused-ring (bicyclic) bond motifs is 1. The largest absolute Gasteiger partial charge is 0.389 e. The van der Waals surface area contributed by atoms with Gasteiger partial charge in [-0.15, -0.1) is 11.3 Å². The zero-order valence-electron chi connectivity index (χ0n) is 18.6. The molecule has 31 heavy (non-hydrogen) atoms. The molecule has 8 heteroatoms. The van der Waals surface area contributed by atoms with Gasteiger partial charge in [0.25, 0.3) is 5.56 Å². The predicted octanol–water partition coefficient (Wildman–Crippen LogP) is 4.18. The second-order valence-corrected chi connectivity index (χ2v) is 9.78. The molecule has 2 N–H and O–H groups in total. The lowest BCUT2D eigenvalue weighted by atomic mass is 10.1. The first kappa shape index (κ1) is 23.5. The van der Waals surface area contributed by atoms with E-state index < -0.39 is 6.10 Å². The first-order chi connectivity index (χ1) is 14.5. The number of thiophene rings is 1. The molecule has 0 spiro atoms. The van der Waals surface area contributed by atoms with E-state index in [0.717, 1.165) is 0 Å². The van der Waals surface area contributed by atoms with Crippen LogP contribution in [0.2, 0.25) is 0 Å². The Kier molecular flexibility index (Phi) is 7.26. The van der Waals surface area contributed by atoms with Gasteiger partial charge in [0.15, 0.2) is 0 Å². The van der Waals surface area contributed by atoms with Gasteiger partial charge in [-0.05, 0) is 40.7 Å². The third kappa shape index (κ3) is 5.98. The van der Waals surface area contributed by atoms with Crippen molar-refractivity contribution in [2.45, 2.75) is 58.9 Å². The third-order valence-corrected chi connectivity index (χ3v) is 5.77. The normalized spacial score (nSPS) is 13.5. The van der Waals surface area contributed by atoms with Gasteiger partial charge in [-0.2, -0.15) is 0 Å². The summed E-state index contributed by atoms with van der Waals surface area (Å²) >= 11 is 1.32. The summed E-state index contributed by atoms with van der Waals surface area (Å²) in [7, 11) is 0. The third-order valence-electron chi connectivity index (χ3n) is 4.89. The van der Waals surface area contributed by atoms with E-state index in [1.807, 2.05) is 39.5 Å². The van der Waals surface area contributed by atoms with E-state index in [1.54, 1.807) is 23.6 Å². The van der Waals surface area contributed by atoms with Crippen molar-refractivity contribution in [1.82, 2.24) is 14.9 Å². The van der Waals surface area contributed by atoms with Crippen LogP contribution in [-0.2, 0) is 11.3 Å². The number of nitrogens with one attached hydrogen (secondary N) is 1. The highest BCUT2D eigenvalue weighted by Crippen LogP contribution is 2.32. The van der Waals surface area contributed by atoms with Gasteiger partial charge in [0.1, 0.15) is 16.5 Å². The summed E-state index contributed by atoms with van der Waals surface area (Å²) in [6.07, 6.45) is -0.661. The number of hydrogen-bond donors (Lipinski definition) is 2. The van der Waals surface area contributed by atoms with Gasteiger partial charge in [-0.3, -0.25) is 9.69 Å². The van der Waals surface area contributed by atoms with Crippen molar-refractivity contribution in [3.63, 3.8) is 0 Å². The van der Waals surface area contributed by atoms with Crippen molar-refractivity contribution in [1.29, 1.82) is 0 Å². The Morgan fingerprint density at radius 3 is 2.61 bits per heavy atom. The average molecular weight is 448 g/mol. The second kappa shape index (κ2) is 9.56. The zero-order valence-corrected chi connectivity index (χ0v) is 19.4. The minimum Gasteiger partial charge on any atom is -0.389 e. The van der Waals surface area contributed by atoms with Crippen LogP contribution in [0.3, 0.4) is 0 Å². The SMILES string of the molecule is CC(C)N(Cc1nc2scc(-c3ccccc3F)c2c(=O)[nH]1)CC(O)COC(C)(C)C. The van der Waals surface area contributed by atoms with Crippen LogP contribution >= 0.6 is 11.3 Å². The van der Waals surface area contributed by atoms with Gasteiger partial charge in [0.2, 0.25) is 0 Å². The number of aromatic amines is 1. The van der Waals surface area contributed by atoms with Crippen molar-refractivity contribution in [2.24, 2.45) is 0 Å². The Bertz CT molecular complexity index is 1090. The van der Waals surface area contributed by atoms with E-state index in [-0.39, 0.29) is 29.6 Å². The molecule has 0 amide bonds. The summed E-state index contributed by atoms with van der Waals surface area (Å²) in [5.74, 6) is 0.139. The van der Waals surface area contributed by atoms with Crippen molar-refractivity contribution in [3.05, 3.63) is 51.6 Å². The lowest BCUT2D eigenvalue weighted by Gasteiger charge is -2.29. The Morgan fingerprint density at radius 2 is 1.97 bits per heavy atom. The number of halogens is 1. The lowest BCUT2D eigenvalue weighted by molar-refractivity contribution is -0.0588. The molecule has 1 aromatic carbocycles. The molecule has 0 fully saturated rings. The molecule has 3 aromatic rings. The molecule has 2 aromatic heterocycles. The van der Waals surface area contributed by atoms with Gasteiger partial charge in [0, 0.05) is 29.1 Å². The molecule has 0 aliphatic heterocycles. The monoisotopic (exact) mass is 447 g/mol. The number of aliphatic hydroxyl groups excluding tert-OH is 1. The number of ether oxygens (including phenoxy) is 1. The van der Waals surface area contributed by atoms with Crippen LogP contribution < -0.4 is 5.56 Å². The van der Waals surface area contributed by atoms with Gasteiger partial charge in [-0.1, -0.05) is 18.2 Å². The highest BCUT2D eigenvalue weighted by Gasteiger charge is 2.21. The van der Waals surface area contributed by atoms with Gasteiger partial charge in [0.05, 0.1) is 30.2 Å². The zero-order chi connectivity index (χ0) is 22.8. The maximum atomic E-state index is 14.2. The molecule has 3 rings (SSSR count). The van der Waals surface area contributed by atoms with E-state index in [9.17, 15) is 14.3 Å². The van der Waals surface area contributed by atoms with E-state index in [2.05, 4.69) is 9.97 Å². The van der Waals surface area contributed by atoms with E-state index in [4.69, 9.17) is 4.74 Å². The number of aliphatic hydroxyl groups is 1. The van der Waals surface area contributed by atoms with Gasteiger partial charge < -0.3 is 14.8 Å². The molecule has 1 atom stereocenters. The lowest BCUT2D eigenvalue weighted by Crippen LogP contribution is -2.40. The summed E-state index contributed by atoms with van der Waals surface area (Å²) in [5.41, 5.74) is 0.324. The molecule has 0 bridgehead atoms. The molecular formula is C23H30FN3O3S. The minimum atomic E-state index is -0.661. The fourth-order valence-electron chi connectivity index (χ4n) is 3.27. The molecule has 2 heterocycles. The highest BCUT2D eigenvalue weighted by atomic mass is 32.1. The van der Waals surface area contributed by atoms with Crippen LogP contribution in [0.15, 0.2) is 34.4 Å². The molecule has 6 nitrogen and oxygen atoms in total. The molecular weight excluding hydrogens is 417 g/mol. The molecule has 168 valence electrons. The smallest absolute Gasteiger partial charge is 0.260 e. The average Bonchev–Trinajstić information content (AvgIpc) is 3.10. The van der Waals surface area contributed by atoms with E-state index in [0.29, 0.717) is 40.3 Å². The quantitative estimate of drug-likeness (QED) is 0.542. The first-order valence-corrected chi connectivity index (χ1v) is 11.2.